The van der Waals surface area contributed by atoms with E-state index < -0.39 is 42.7 Å². The summed E-state index contributed by atoms with van der Waals surface area (Å²) in [6.07, 6.45) is 0. The molecule has 0 atom stereocenters. The Hall–Kier alpha value is -1.55. The van der Waals surface area contributed by atoms with E-state index in [2.05, 4.69) is 4.74 Å². The molecule has 1 aromatic carbocycles. The van der Waals surface area contributed by atoms with Gasteiger partial charge in [0.15, 0.2) is 11.6 Å². The van der Waals surface area contributed by atoms with E-state index in [0.717, 1.165) is 0 Å². The number of ether oxygens (including phenoxy) is 1. The van der Waals surface area contributed by atoms with Crippen LogP contribution in [0.4, 0.5) is 18.9 Å². The number of hydrogen-bond donors (Lipinski definition) is 0. The first-order valence-corrected chi connectivity index (χ1v) is 6.31. The highest BCUT2D eigenvalue weighted by atomic mass is 35.7. The summed E-state index contributed by atoms with van der Waals surface area (Å²) in [5, 5.41) is 10.4. The van der Waals surface area contributed by atoms with Crippen molar-refractivity contribution in [2.24, 2.45) is 0 Å². The Kier molecular flexibility index (Phi) is 4.02. The molecule has 1 aromatic rings. The normalized spacial score (nSPS) is 11.6. The van der Waals surface area contributed by atoms with Crippen LogP contribution in [0.5, 0.6) is 5.75 Å². The predicted molar refractivity (Wildman–Crippen MR) is 52.7 cm³/mol. The van der Waals surface area contributed by atoms with Gasteiger partial charge in [-0.25, -0.2) is 12.8 Å². The summed E-state index contributed by atoms with van der Waals surface area (Å²) < 4.78 is 62.9. The minimum atomic E-state index is -4.69. The summed E-state index contributed by atoms with van der Waals surface area (Å²) >= 11 is 0. The minimum Gasteiger partial charge on any atom is -0.430 e. The zero-order chi connectivity index (χ0) is 14.1. The molecule has 0 spiro atoms. The van der Waals surface area contributed by atoms with Gasteiger partial charge in [0.25, 0.3) is 14.7 Å². The summed E-state index contributed by atoms with van der Waals surface area (Å²) in [5.41, 5.74) is -0.964. The first kappa shape index (κ1) is 14.5. The Morgan fingerprint density at radius 1 is 1.39 bits per heavy atom. The third-order valence-corrected chi connectivity index (χ3v) is 3.00. The molecule has 6 nitrogen and oxygen atoms in total. The SMILES string of the molecule is O=[N+]([O-])c1cc(F)c(OC(F)F)c(S(=O)(=O)Cl)c1. The summed E-state index contributed by atoms with van der Waals surface area (Å²) in [7, 11) is 0.166. The number of benzene rings is 1. The lowest BCUT2D eigenvalue weighted by molar-refractivity contribution is -0.385. The molecule has 18 heavy (non-hydrogen) atoms. The highest BCUT2D eigenvalue weighted by molar-refractivity contribution is 8.13. The van der Waals surface area contributed by atoms with Crippen molar-refractivity contribution in [1.29, 1.82) is 0 Å². The van der Waals surface area contributed by atoms with E-state index in [9.17, 15) is 31.7 Å². The quantitative estimate of drug-likeness (QED) is 0.484. The molecule has 0 heterocycles. The molecule has 0 amide bonds. The molecule has 0 aromatic heterocycles. The van der Waals surface area contributed by atoms with Gasteiger partial charge in [-0.15, -0.1) is 0 Å². The number of nitro benzene ring substituents is 1. The van der Waals surface area contributed by atoms with Gasteiger partial charge in [-0.3, -0.25) is 10.1 Å². The smallest absolute Gasteiger partial charge is 0.387 e. The van der Waals surface area contributed by atoms with E-state index in [0.29, 0.717) is 6.07 Å². The molecule has 0 saturated heterocycles. The number of halogens is 4. The number of non-ortho nitro benzene ring substituents is 1. The second-order valence-corrected chi connectivity index (χ2v) is 5.36. The van der Waals surface area contributed by atoms with Crippen molar-refractivity contribution in [2.45, 2.75) is 11.5 Å². The molecule has 0 fully saturated rings. The van der Waals surface area contributed by atoms with Crippen LogP contribution in [0, 0.1) is 15.9 Å². The molecule has 100 valence electrons. The molecular weight excluding hydrogens is 303 g/mol. The van der Waals surface area contributed by atoms with Crippen LogP contribution < -0.4 is 4.74 Å². The lowest BCUT2D eigenvalue weighted by Gasteiger charge is -2.09. The average Bonchev–Trinajstić information content (AvgIpc) is 2.17. The van der Waals surface area contributed by atoms with E-state index in [1.165, 1.54) is 0 Å². The van der Waals surface area contributed by atoms with Gasteiger partial charge in [0, 0.05) is 16.7 Å². The van der Waals surface area contributed by atoms with Crippen LogP contribution >= 0.6 is 10.7 Å². The number of rotatable bonds is 4. The fourth-order valence-corrected chi connectivity index (χ4v) is 2.02. The summed E-state index contributed by atoms with van der Waals surface area (Å²) in [6.45, 7) is -3.52. The van der Waals surface area contributed by atoms with E-state index in [1.807, 2.05) is 0 Å². The van der Waals surface area contributed by atoms with Crippen LogP contribution in [0.1, 0.15) is 0 Å². The number of nitrogens with zero attached hydrogens (tertiary/aromatic N) is 1. The number of alkyl halides is 2. The van der Waals surface area contributed by atoms with Gasteiger partial charge in [0.2, 0.25) is 0 Å². The molecule has 0 bridgehead atoms. The van der Waals surface area contributed by atoms with Crippen LogP contribution in [-0.2, 0) is 9.05 Å². The second kappa shape index (κ2) is 4.98. The molecule has 0 radical (unpaired) electrons. The molecule has 11 heteroatoms. The number of nitro groups is 1. The molecular formula is C7H3ClF3NO5S. The van der Waals surface area contributed by atoms with Gasteiger partial charge in [0.1, 0.15) is 4.90 Å². The largest absolute Gasteiger partial charge is 0.430 e. The van der Waals surface area contributed by atoms with Crippen molar-refractivity contribution in [2.75, 3.05) is 0 Å². The van der Waals surface area contributed by atoms with Crippen LogP contribution in [0.25, 0.3) is 0 Å². The van der Waals surface area contributed by atoms with Gasteiger partial charge in [-0.2, -0.15) is 8.78 Å². The second-order valence-electron chi connectivity index (χ2n) is 2.83. The summed E-state index contributed by atoms with van der Waals surface area (Å²) in [4.78, 5) is 8.03. The van der Waals surface area contributed by atoms with Gasteiger partial charge in [-0.05, 0) is 0 Å². The zero-order valence-corrected chi connectivity index (χ0v) is 9.71. The molecule has 0 aliphatic carbocycles. The lowest BCUT2D eigenvalue weighted by atomic mass is 10.3. The first-order valence-electron chi connectivity index (χ1n) is 4.00. The average molecular weight is 306 g/mol. The number of hydrogen-bond acceptors (Lipinski definition) is 5. The van der Waals surface area contributed by atoms with Crippen molar-refractivity contribution in [3.63, 3.8) is 0 Å². The maximum absolute atomic E-state index is 13.3. The van der Waals surface area contributed by atoms with Gasteiger partial charge >= 0.3 is 6.61 Å². The van der Waals surface area contributed by atoms with Crippen molar-refractivity contribution in [1.82, 2.24) is 0 Å². The third kappa shape index (κ3) is 3.23. The van der Waals surface area contributed by atoms with Crippen LogP contribution in [0.3, 0.4) is 0 Å². The van der Waals surface area contributed by atoms with Crippen molar-refractivity contribution >= 4 is 25.4 Å². The molecule has 0 unspecified atom stereocenters. The van der Waals surface area contributed by atoms with E-state index in [4.69, 9.17) is 10.7 Å². The maximum atomic E-state index is 13.3. The Bertz CT molecular complexity index is 591. The molecule has 0 N–H and O–H groups in total. The molecule has 0 aliphatic heterocycles. The summed E-state index contributed by atoms with van der Waals surface area (Å²) in [6, 6.07) is 0.562. The molecule has 1 rings (SSSR count). The topological polar surface area (TPSA) is 86.5 Å². The van der Waals surface area contributed by atoms with E-state index in [1.54, 1.807) is 0 Å². The highest BCUT2D eigenvalue weighted by Crippen LogP contribution is 2.34. The Morgan fingerprint density at radius 2 is 1.94 bits per heavy atom. The highest BCUT2D eigenvalue weighted by Gasteiger charge is 2.27. The van der Waals surface area contributed by atoms with E-state index >= 15 is 0 Å². The monoisotopic (exact) mass is 305 g/mol. The zero-order valence-electron chi connectivity index (χ0n) is 8.14. The standard InChI is InChI=1S/C7H3ClF3NO5S/c8-18(15,16)5-2-3(12(13)14)1-4(9)6(5)17-7(10)11/h1-2,7H. The summed E-state index contributed by atoms with van der Waals surface area (Å²) in [5.74, 6) is -3.01. The van der Waals surface area contributed by atoms with Crippen molar-refractivity contribution in [3.05, 3.63) is 28.1 Å². The lowest BCUT2D eigenvalue weighted by Crippen LogP contribution is -2.08. The van der Waals surface area contributed by atoms with Crippen LogP contribution in [0.2, 0.25) is 0 Å². The minimum absolute atomic E-state index is 0.239. The fraction of sp³-hybridized carbons (Fsp3) is 0.143. The Labute approximate surface area is 102 Å². The third-order valence-electron chi connectivity index (χ3n) is 1.67. The fourth-order valence-electron chi connectivity index (χ4n) is 1.04. The van der Waals surface area contributed by atoms with E-state index in [-0.39, 0.29) is 6.07 Å². The van der Waals surface area contributed by atoms with Crippen molar-refractivity contribution < 1.29 is 31.2 Å². The molecule has 0 aliphatic rings. The van der Waals surface area contributed by atoms with Gasteiger partial charge in [0.05, 0.1) is 11.0 Å². The first-order chi connectivity index (χ1) is 8.12. The van der Waals surface area contributed by atoms with Gasteiger partial charge in [-0.1, -0.05) is 0 Å². The maximum Gasteiger partial charge on any atom is 0.387 e. The molecule has 0 saturated carbocycles. The van der Waals surface area contributed by atoms with Crippen molar-refractivity contribution in [3.8, 4) is 5.75 Å². The Balaban J connectivity index is 3.55. The predicted octanol–water partition coefficient (Wildman–Crippen LogP) is 2.26. The van der Waals surface area contributed by atoms with Gasteiger partial charge < -0.3 is 4.74 Å². The van der Waals surface area contributed by atoms with Crippen LogP contribution in [-0.4, -0.2) is 20.0 Å². The van der Waals surface area contributed by atoms with Crippen LogP contribution in [0.15, 0.2) is 17.0 Å². The Morgan fingerprint density at radius 3 is 2.33 bits per heavy atom.